The van der Waals surface area contributed by atoms with Crippen molar-refractivity contribution in [3.8, 4) is 5.75 Å². The maximum absolute atomic E-state index is 10.9. The van der Waals surface area contributed by atoms with Crippen LogP contribution in [0.5, 0.6) is 5.75 Å². The summed E-state index contributed by atoms with van der Waals surface area (Å²) < 4.78 is 0. The Morgan fingerprint density at radius 2 is 1.90 bits per heavy atom. The van der Waals surface area contributed by atoms with Crippen LogP contribution in [0.25, 0.3) is 0 Å². The van der Waals surface area contributed by atoms with Crippen LogP contribution >= 0.6 is 0 Å². The van der Waals surface area contributed by atoms with Crippen molar-refractivity contribution in [3.63, 3.8) is 0 Å². The fourth-order valence-corrected chi connectivity index (χ4v) is 1.89. The number of azo groups is 1. The van der Waals surface area contributed by atoms with Crippen molar-refractivity contribution in [2.45, 2.75) is 20.3 Å². The van der Waals surface area contributed by atoms with Crippen molar-refractivity contribution in [1.82, 2.24) is 0 Å². The number of nitrogens with zero attached hydrogens (tertiary/aromatic N) is 3. The summed E-state index contributed by atoms with van der Waals surface area (Å²) >= 11 is 0. The zero-order valence-corrected chi connectivity index (χ0v) is 11.8. The molecule has 0 aliphatic carbocycles. The molecule has 0 aliphatic rings. The van der Waals surface area contributed by atoms with Crippen molar-refractivity contribution < 1.29 is 10.0 Å². The van der Waals surface area contributed by atoms with E-state index in [1.54, 1.807) is 31.2 Å². The molecule has 0 bridgehead atoms. The minimum Gasteiger partial charge on any atom is -0.506 e. The highest BCUT2D eigenvalue weighted by molar-refractivity contribution is 5.57. The number of phenols is 1. The van der Waals surface area contributed by atoms with Gasteiger partial charge in [-0.15, -0.1) is 10.2 Å². The van der Waals surface area contributed by atoms with E-state index in [2.05, 4.69) is 10.2 Å². The maximum atomic E-state index is 10.9. The maximum Gasteiger partial charge on any atom is 0.274 e. The van der Waals surface area contributed by atoms with Crippen molar-refractivity contribution in [2.24, 2.45) is 10.2 Å². The number of benzene rings is 2. The molecular formula is C15H15N3O3. The Morgan fingerprint density at radius 3 is 2.57 bits per heavy atom. The molecule has 0 atom stereocenters. The normalized spacial score (nSPS) is 11.0. The van der Waals surface area contributed by atoms with Crippen molar-refractivity contribution in [2.75, 3.05) is 0 Å². The van der Waals surface area contributed by atoms with Crippen LogP contribution in [0, 0.1) is 17.0 Å². The Morgan fingerprint density at radius 1 is 1.19 bits per heavy atom. The van der Waals surface area contributed by atoms with E-state index >= 15 is 0 Å². The molecule has 1 N–H and O–H groups in total. The minimum absolute atomic E-state index is 0.00187. The van der Waals surface area contributed by atoms with E-state index in [-0.39, 0.29) is 11.4 Å². The van der Waals surface area contributed by atoms with Crippen LogP contribution in [0.3, 0.4) is 0 Å². The SMILES string of the molecule is CCc1ccc(O)c(N=Nc2cccc([N+](=O)[O-])c2C)c1. The first-order valence-electron chi connectivity index (χ1n) is 6.50. The summed E-state index contributed by atoms with van der Waals surface area (Å²) in [5.41, 5.74) is 2.22. The van der Waals surface area contributed by atoms with Gasteiger partial charge in [-0.25, -0.2) is 0 Å². The number of phenolic OH excluding ortho intramolecular Hbond substituents is 1. The minimum atomic E-state index is -0.455. The second-order valence-corrected chi connectivity index (χ2v) is 4.55. The third-order valence-corrected chi connectivity index (χ3v) is 3.19. The van der Waals surface area contributed by atoms with Gasteiger partial charge in [-0.05, 0) is 37.1 Å². The number of hydrogen-bond acceptors (Lipinski definition) is 5. The topological polar surface area (TPSA) is 88.1 Å². The lowest BCUT2D eigenvalue weighted by Gasteiger charge is -2.02. The first-order chi connectivity index (χ1) is 10.0. The van der Waals surface area contributed by atoms with Gasteiger partial charge < -0.3 is 5.11 Å². The first kappa shape index (κ1) is 14.6. The number of aromatic hydroxyl groups is 1. The quantitative estimate of drug-likeness (QED) is 0.506. The second-order valence-electron chi connectivity index (χ2n) is 4.55. The second kappa shape index (κ2) is 6.13. The van der Waals surface area contributed by atoms with E-state index < -0.39 is 4.92 Å². The Hall–Kier alpha value is -2.76. The number of nitro benzene ring substituents is 1. The summed E-state index contributed by atoms with van der Waals surface area (Å²) in [5, 5.41) is 28.7. The zero-order valence-electron chi connectivity index (χ0n) is 11.8. The largest absolute Gasteiger partial charge is 0.506 e. The number of aryl methyl sites for hydroxylation is 1. The predicted octanol–water partition coefficient (Wildman–Crippen LogP) is 4.59. The molecule has 0 fully saturated rings. The molecule has 6 heteroatoms. The van der Waals surface area contributed by atoms with E-state index in [0.717, 1.165) is 12.0 Å². The highest BCUT2D eigenvalue weighted by atomic mass is 16.6. The summed E-state index contributed by atoms with van der Waals surface area (Å²) in [6, 6.07) is 9.74. The molecule has 21 heavy (non-hydrogen) atoms. The van der Waals surface area contributed by atoms with Crippen LogP contribution in [0.4, 0.5) is 17.1 Å². The Balaban J connectivity index is 2.38. The number of rotatable bonds is 4. The van der Waals surface area contributed by atoms with Gasteiger partial charge in [-0.3, -0.25) is 10.1 Å². The molecule has 0 saturated carbocycles. The van der Waals surface area contributed by atoms with E-state index in [1.807, 2.05) is 13.0 Å². The molecule has 0 aliphatic heterocycles. The molecule has 0 radical (unpaired) electrons. The zero-order chi connectivity index (χ0) is 15.4. The van der Waals surface area contributed by atoms with Gasteiger partial charge in [0.05, 0.1) is 16.2 Å². The molecule has 108 valence electrons. The average Bonchev–Trinajstić information content (AvgIpc) is 2.47. The van der Waals surface area contributed by atoms with Crippen molar-refractivity contribution in [3.05, 3.63) is 57.6 Å². The van der Waals surface area contributed by atoms with Gasteiger partial charge in [0, 0.05) is 6.07 Å². The molecule has 6 nitrogen and oxygen atoms in total. The smallest absolute Gasteiger partial charge is 0.274 e. The average molecular weight is 285 g/mol. The molecule has 0 aromatic heterocycles. The van der Waals surface area contributed by atoms with Gasteiger partial charge in [0.1, 0.15) is 11.4 Å². The van der Waals surface area contributed by atoms with Crippen LogP contribution in [-0.2, 0) is 6.42 Å². The molecule has 0 saturated heterocycles. The van der Waals surface area contributed by atoms with Gasteiger partial charge in [0.25, 0.3) is 5.69 Å². The summed E-state index contributed by atoms with van der Waals surface area (Å²) in [5.74, 6) is 0.0269. The summed E-state index contributed by atoms with van der Waals surface area (Å²) in [6.07, 6.45) is 0.818. The van der Waals surface area contributed by atoms with E-state index in [0.29, 0.717) is 16.9 Å². The third-order valence-electron chi connectivity index (χ3n) is 3.19. The highest BCUT2D eigenvalue weighted by Gasteiger charge is 2.13. The van der Waals surface area contributed by atoms with E-state index in [9.17, 15) is 15.2 Å². The van der Waals surface area contributed by atoms with Gasteiger partial charge in [-0.1, -0.05) is 19.1 Å². The molecule has 2 aromatic carbocycles. The van der Waals surface area contributed by atoms with Gasteiger partial charge >= 0.3 is 0 Å². The molecule has 2 rings (SSSR count). The van der Waals surface area contributed by atoms with Crippen LogP contribution in [0.1, 0.15) is 18.1 Å². The Labute approximate surface area is 121 Å². The molecule has 0 amide bonds. The molecule has 2 aromatic rings. The summed E-state index contributed by atoms with van der Waals surface area (Å²) in [6.45, 7) is 3.62. The van der Waals surface area contributed by atoms with E-state index in [4.69, 9.17) is 0 Å². The number of hydrogen-bond donors (Lipinski definition) is 1. The van der Waals surface area contributed by atoms with Crippen molar-refractivity contribution >= 4 is 17.1 Å². The van der Waals surface area contributed by atoms with Gasteiger partial charge in [-0.2, -0.15) is 0 Å². The standard InChI is InChI=1S/C15H15N3O3/c1-3-11-7-8-15(19)13(9-11)17-16-12-5-4-6-14(10(12)2)18(20)21/h4-9,19H,3H2,1-2H3. The monoisotopic (exact) mass is 285 g/mol. The predicted molar refractivity (Wildman–Crippen MR) is 79.5 cm³/mol. The van der Waals surface area contributed by atoms with Crippen LogP contribution in [0.15, 0.2) is 46.6 Å². The Kier molecular flexibility index (Phi) is 4.27. The first-order valence-corrected chi connectivity index (χ1v) is 6.50. The van der Waals surface area contributed by atoms with Crippen LogP contribution in [-0.4, -0.2) is 10.0 Å². The molecular weight excluding hydrogens is 270 g/mol. The van der Waals surface area contributed by atoms with Crippen LogP contribution in [0.2, 0.25) is 0 Å². The van der Waals surface area contributed by atoms with Crippen LogP contribution < -0.4 is 0 Å². The summed E-state index contributed by atoms with van der Waals surface area (Å²) in [4.78, 5) is 10.4. The molecule has 0 unspecified atom stereocenters. The van der Waals surface area contributed by atoms with Gasteiger partial charge in [0.2, 0.25) is 0 Å². The Bertz CT molecular complexity index is 711. The summed E-state index contributed by atoms with van der Waals surface area (Å²) in [7, 11) is 0. The number of nitro groups is 1. The lowest BCUT2D eigenvalue weighted by Crippen LogP contribution is -1.90. The molecule has 0 heterocycles. The highest BCUT2D eigenvalue weighted by Crippen LogP contribution is 2.32. The van der Waals surface area contributed by atoms with Crippen molar-refractivity contribution in [1.29, 1.82) is 0 Å². The third kappa shape index (κ3) is 3.22. The van der Waals surface area contributed by atoms with E-state index in [1.165, 1.54) is 6.07 Å². The molecule has 0 spiro atoms. The fourth-order valence-electron chi connectivity index (χ4n) is 1.89. The van der Waals surface area contributed by atoms with Gasteiger partial charge in [0.15, 0.2) is 0 Å². The lowest BCUT2D eigenvalue weighted by molar-refractivity contribution is -0.385. The lowest BCUT2D eigenvalue weighted by atomic mass is 10.1. The fraction of sp³-hybridized carbons (Fsp3) is 0.200.